The van der Waals surface area contributed by atoms with Gasteiger partial charge in [-0.25, -0.2) is 4.79 Å². The molecule has 7 heteroatoms. The molecule has 30 heavy (non-hydrogen) atoms. The molecular formula is C23H21NO6. The largest absolute Gasteiger partial charge is 0.508 e. The van der Waals surface area contributed by atoms with Gasteiger partial charge in [0.1, 0.15) is 17.9 Å². The van der Waals surface area contributed by atoms with Crippen molar-refractivity contribution in [1.29, 1.82) is 0 Å². The van der Waals surface area contributed by atoms with Crippen LogP contribution < -0.4 is 5.63 Å². The second kappa shape index (κ2) is 8.02. The van der Waals surface area contributed by atoms with Gasteiger partial charge in [0, 0.05) is 36.0 Å². The van der Waals surface area contributed by atoms with Gasteiger partial charge < -0.3 is 19.2 Å². The summed E-state index contributed by atoms with van der Waals surface area (Å²) >= 11 is 0. The van der Waals surface area contributed by atoms with Crippen molar-refractivity contribution in [3.63, 3.8) is 0 Å². The molecule has 1 aromatic heterocycles. The lowest BCUT2D eigenvalue weighted by molar-refractivity contribution is -0.149. The molecule has 4 rings (SSSR count). The van der Waals surface area contributed by atoms with Crippen LogP contribution in [0.4, 0.5) is 0 Å². The molecule has 0 aliphatic carbocycles. The average molecular weight is 407 g/mol. The summed E-state index contributed by atoms with van der Waals surface area (Å²) in [5.41, 5.74) is 1.10. The van der Waals surface area contributed by atoms with Gasteiger partial charge in [-0.15, -0.1) is 0 Å². The van der Waals surface area contributed by atoms with E-state index in [-0.39, 0.29) is 36.3 Å². The number of aromatic hydroxyl groups is 1. The van der Waals surface area contributed by atoms with E-state index in [0.717, 1.165) is 5.56 Å². The number of likely N-dealkylation sites (tertiary alicyclic amines) is 1. The molecule has 0 unspecified atom stereocenters. The number of rotatable bonds is 5. The van der Waals surface area contributed by atoms with E-state index in [1.165, 1.54) is 18.2 Å². The highest BCUT2D eigenvalue weighted by Crippen LogP contribution is 2.29. The van der Waals surface area contributed by atoms with Crippen molar-refractivity contribution in [3.8, 4) is 5.75 Å². The molecule has 2 aromatic carbocycles. The van der Waals surface area contributed by atoms with Gasteiger partial charge in [-0.1, -0.05) is 30.3 Å². The number of amides is 1. The maximum Gasteiger partial charge on any atom is 0.336 e. The number of benzene rings is 2. The number of ether oxygens (including phenoxy) is 1. The lowest BCUT2D eigenvalue weighted by Crippen LogP contribution is -2.29. The van der Waals surface area contributed by atoms with Crippen molar-refractivity contribution < 1.29 is 23.8 Å². The van der Waals surface area contributed by atoms with E-state index in [9.17, 15) is 19.5 Å². The topological polar surface area (TPSA) is 97.1 Å². The summed E-state index contributed by atoms with van der Waals surface area (Å²) in [6.07, 6.45) is 0.0988. The number of esters is 1. The predicted octanol–water partition coefficient (Wildman–Crippen LogP) is 3.15. The highest BCUT2D eigenvalue weighted by atomic mass is 16.5. The Bertz CT molecular complexity index is 1150. The van der Waals surface area contributed by atoms with Crippen molar-refractivity contribution in [2.75, 3.05) is 6.54 Å². The number of phenols is 1. The molecule has 1 saturated heterocycles. The lowest BCUT2D eigenvalue weighted by atomic mass is 10.1. The Labute approximate surface area is 172 Å². The molecule has 0 saturated carbocycles. The van der Waals surface area contributed by atoms with E-state index in [4.69, 9.17) is 9.15 Å². The summed E-state index contributed by atoms with van der Waals surface area (Å²) in [5, 5.41) is 10.1. The smallest absolute Gasteiger partial charge is 0.336 e. The molecule has 0 bridgehead atoms. The van der Waals surface area contributed by atoms with E-state index >= 15 is 0 Å². The second-order valence-corrected chi connectivity index (χ2v) is 7.41. The fourth-order valence-corrected chi connectivity index (χ4v) is 3.78. The number of hydrogen-bond donors (Lipinski definition) is 1. The zero-order chi connectivity index (χ0) is 21.3. The molecular weight excluding hydrogens is 386 g/mol. The molecule has 1 aliphatic rings. The third-order valence-corrected chi connectivity index (χ3v) is 5.42. The zero-order valence-electron chi connectivity index (χ0n) is 16.4. The minimum atomic E-state index is -0.599. The lowest BCUT2D eigenvalue weighted by Gasteiger charge is -2.25. The minimum Gasteiger partial charge on any atom is -0.508 e. The summed E-state index contributed by atoms with van der Waals surface area (Å²) in [6, 6.07) is 15.2. The fraction of sp³-hybridized carbons (Fsp3) is 0.261. The summed E-state index contributed by atoms with van der Waals surface area (Å²) in [5.74, 6) is -1.16. The molecule has 154 valence electrons. The van der Waals surface area contributed by atoms with Crippen molar-refractivity contribution in [1.82, 2.24) is 4.90 Å². The average Bonchev–Trinajstić information content (AvgIpc) is 3.13. The first-order chi connectivity index (χ1) is 14.4. The van der Waals surface area contributed by atoms with Crippen LogP contribution in [0.1, 0.15) is 30.5 Å². The van der Waals surface area contributed by atoms with Gasteiger partial charge in [-0.05, 0) is 24.6 Å². The Hall–Kier alpha value is -3.61. The molecule has 1 amide bonds. The number of phenolic OH excluding ortho intramolecular Hbond substituents is 1. The van der Waals surface area contributed by atoms with E-state index < -0.39 is 17.5 Å². The molecule has 2 atom stereocenters. The van der Waals surface area contributed by atoms with Crippen LogP contribution >= 0.6 is 0 Å². The summed E-state index contributed by atoms with van der Waals surface area (Å²) in [6.45, 7) is 2.11. The summed E-state index contributed by atoms with van der Waals surface area (Å²) < 4.78 is 10.5. The Kier molecular flexibility index (Phi) is 5.27. The molecule has 2 heterocycles. The first kappa shape index (κ1) is 19.7. The van der Waals surface area contributed by atoms with E-state index in [1.807, 2.05) is 37.3 Å². The molecule has 1 aliphatic heterocycles. The standard InChI is InChI=1S/C23H21NO6/c1-14(15-5-3-2-4-6-15)24-12-16(9-21(24)26)23(28)29-13-17-10-22(27)30-20-11-18(25)7-8-19(17)20/h2-8,10-11,14,16,25H,9,12-13H2,1H3/t14-,16-/m0/s1. The molecule has 1 fully saturated rings. The second-order valence-electron chi connectivity index (χ2n) is 7.41. The number of hydrogen-bond acceptors (Lipinski definition) is 6. The van der Waals surface area contributed by atoms with Crippen LogP contribution in [0.15, 0.2) is 63.8 Å². The van der Waals surface area contributed by atoms with Gasteiger partial charge in [-0.3, -0.25) is 9.59 Å². The molecule has 7 nitrogen and oxygen atoms in total. The van der Waals surface area contributed by atoms with Crippen LogP contribution in [0.2, 0.25) is 0 Å². The number of fused-ring (bicyclic) bond motifs is 1. The zero-order valence-corrected chi connectivity index (χ0v) is 16.4. The number of nitrogens with zero attached hydrogens (tertiary/aromatic N) is 1. The van der Waals surface area contributed by atoms with Gasteiger partial charge in [0.05, 0.1) is 12.0 Å². The monoisotopic (exact) mass is 407 g/mol. The van der Waals surface area contributed by atoms with Crippen molar-refractivity contribution in [3.05, 3.63) is 76.1 Å². The van der Waals surface area contributed by atoms with E-state index in [1.54, 1.807) is 11.0 Å². The van der Waals surface area contributed by atoms with Gasteiger partial charge in [0.15, 0.2) is 0 Å². The van der Waals surface area contributed by atoms with E-state index in [0.29, 0.717) is 17.5 Å². The minimum absolute atomic E-state index is 0.0307. The van der Waals surface area contributed by atoms with Crippen molar-refractivity contribution in [2.24, 2.45) is 5.92 Å². The van der Waals surface area contributed by atoms with Crippen LogP contribution in [0.25, 0.3) is 11.0 Å². The summed E-state index contributed by atoms with van der Waals surface area (Å²) in [7, 11) is 0. The van der Waals surface area contributed by atoms with Crippen molar-refractivity contribution >= 4 is 22.8 Å². The van der Waals surface area contributed by atoms with Crippen molar-refractivity contribution in [2.45, 2.75) is 26.0 Å². The van der Waals surface area contributed by atoms with Gasteiger partial charge >= 0.3 is 11.6 Å². The maximum atomic E-state index is 12.6. The Morgan fingerprint density at radius 1 is 1.20 bits per heavy atom. The summed E-state index contributed by atoms with van der Waals surface area (Å²) in [4.78, 5) is 38.5. The first-order valence-electron chi connectivity index (χ1n) is 9.69. The van der Waals surface area contributed by atoms with E-state index in [2.05, 4.69) is 0 Å². The quantitative estimate of drug-likeness (QED) is 0.516. The predicted molar refractivity (Wildman–Crippen MR) is 109 cm³/mol. The normalized spacial score (nSPS) is 17.3. The SMILES string of the molecule is C[C@@H](c1ccccc1)N1C[C@@H](C(=O)OCc2cc(=O)oc3cc(O)ccc23)CC1=O. The Morgan fingerprint density at radius 2 is 1.97 bits per heavy atom. The maximum absolute atomic E-state index is 12.6. The van der Waals surface area contributed by atoms with Crippen LogP contribution in [0.3, 0.4) is 0 Å². The van der Waals surface area contributed by atoms with Gasteiger partial charge in [0.2, 0.25) is 5.91 Å². The highest BCUT2D eigenvalue weighted by Gasteiger charge is 2.38. The van der Waals surface area contributed by atoms with Crippen LogP contribution in [0.5, 0.6) is 5.75 Å². The first-order valence-corrected chi connectivity index (χ1v) is 9.69. The third-order valence-electron chi connectivity index (χ3n) is 5.42. The molecule has 0 radical (unpaired) electrons. The Balaban J connectivity index is 1.45. The van der Waals surface area contributed by atoms with Crippen LogP contribution in [-0.2, 0) is 20.9 Å². The van der Waals surface area contributed by atoms with Crippen LogP contribution in [0, 0.1) is 5.92 Å². The number of carbonyl (C=O) groups excluding carboxylic acids is 2. The molecule has 0 spiro atoms. The third kappa shape index (κ3) is 3.91. The fourth-order valence-electron chi connectivity index (χ4n) is 3.78. The molecule has 3 aromatic rings. The van der Waals surface area contributed by atoms with Gasteiger partial charge in [-0.2, -0.15) is 0 Å². The number of carbonyl (C=O) groups is 2. The Morgan fingerprint density at radius 3 is 2.73 bits per heavy atom. The van der Waals surface area contributed by atoms with Crippen LogP contribution in [-0.4, -0.2) is 28.4 Å². The highest BCUT2D eigenvalue weighted by molar-refractivity contribution is 5.87. The van der Waals surface area contributed by atoms with Gasteiger partial charge in [0.25, 0.3) is 0 Å². The molecule has 1 N–H and O–H groups in total.